The predicted molar refractivity (Wildman–Crippen MR) is 76.1 cm³/mol. The van der Waals surface area contributed by atoms with Crippen LogP contribution in [0.3, 0.4) is 0 Å². The van der Waals surface area contributed by atoms with E-state index in [1.807, 2.05) is 43.3 Å². The average molecular weight is 262 g/mol. The van der Waals surface area contributed by atoms with Gasteiger partial charge in [0, 0.05) is 17.3 Å². The molecule has 2 nitrogen and oxygen atoms in total. The minimum atomic E-state index is -0.566. The number of nitrogens with one attached hydrogen (secondary N) is 1. The van der Waals surface area contributed by atoms with Crippen LogP contribution >= 0.6 is 11.6 Å². The predicted octanol–water partition coefficient (Wildman–Crippen LogP) is 3.79. The summed E-state index contributed by atoms with van der Waals surface area (Å²) in [7, 11) is 0. The zero-order valence-corrected chi connectivity index (χ0v) is 11.0. The molecule has 2 rings (SSSR count). The fraction of sp³-hybridized carbons (Fsp3) is 0.200. The first-order chi connectivity index (χ1) is 8.65. The molecule has 0 heterocycles. The van der Waals surface area contributed by atoms with Crippen LogP contribution < -0.4 is 5.32 Å². The van der Waals surface area contributed by atoms with Gasteiger partial charge in [0.2, 0.25) is 0 Å². The first kappa shape index (κ1) is 12.9. The summed E-state index contributed by atoms with van der Waals surface area (Å²) in [6, 6.07) is 15.3. The van der Waals surface area contributed by atoms with Crippen molar-refractivity contribution < 1.29 is 5.11 Å². The van der Waals surface area contributed by atoms with Gasteiger partial charge in [0.25, 0.3) is 0 Å². The molecule has 0 spiro atoms. The van der Waals surface area contributed by atoms with E-state index >= 15 is 0 Å². The number of hydrogen-bond donors (Lipinski definition) is 2. The maximum Gasteiger partial charge on any atom is 0.0962 e. The van der Waals surface area contributed by atoms with Crippen LogP contribution in [0.2, 0.25) is 5.02 Å². The van der Waals surface area contributed by atoms with Gasteiger partial charge in [-0.2, -0.15) is 0 Å². The van der Waals surface area contributed by atoms with E-state index in [-0.39, 0.29) is 0 Å². The molecule has 0 saturated carbocycles. The third-order valence-corrected chi connectivity index (χ3v) is 2.99. The van der Waals surface area contributed by atoms with Crippen LogP contribution in [0.25, 0.3) is 0 Å². The van der Waals surface area contributed by atoms with Crippen LogP contribution in [-0.4, -0.2) is 11.7 Å². The molecule has 0 aliphatic heterocycles. The van der Waals surface area contributed by atoms with Gasteiger partial charge in [0.1, 0.15) is 0 Å². The smallest absolute Gasteiger partial charge is 0.0962 e. The lowest BCUT2D eigenvalue weighted by Gasteiger charge is -2.13. The second kappa shape index (κ2) is 5.89. The summed E-state index contributed by atoms with van der Waals surface area (Å²) in [5.74, 6) is 0. The van der Waals surface area contributed by atoms with Gasteiger partial charge in [-0.1, -0.05) is 35.9 Å². The van der Waals surface area contributed by atoms with Crippen LogP contribution in [0, 0.1) is 6.92 Å². The summed E-state index contributed by atoms with van der Waals surface area (Å²) >= 11 is 5.90. The quantitative estimate of drug-likeness (QED) is 0.878. The van der Waals surface area contributed by atoms with Gasteiger partial charge in [-0.3, -0.25) is 0 Å². The molecule has 18 heavy (non-hydrogen) atoms. The van der Waals surface area contributed by atoms with E-state index in [1.54, 1.807) is 12.1 Å². The lowest BCUT2D eigenvalue weighted by Crippen LogP contribution is -2.12. The highest BCUT2D eigenvalue weighted by Crippen LogP contribution is 2.18. The standard InChI is InChI=1S/C15H16ClNO/c1-11-4-2-7-14(8-11)17-10-15(18)12-5-3-6-13(16)9-12/h2-9,15,17-18H,10H2,1H3. The van der Waals surface area contributed by atoms with Crippen molar-refractivity contribution in [3.8, 4) is 0 Å². The molecule has 0 fully saturated rings. The number of aliphatic hydroxyl groups is 1. The number of benzene rings is 2. The van der Waals surface area contributed by atoms with Crippen molar-refractivity contribution in [2.45, 2.75) is 13.0 Å². The van der Waals surface area contributed by atoms with Crippen molar-refractivity contribution in [1.82, 2.24) is 0 Å². The SMILES string of the molecule is Cc1cccc(NCC(O)c2cccc(Cl)c2)c1. The minimum absolute atomic E-state index is 0.462. The molecular formula is C15H16ClNO. The van der Waals surface area contributed by atoms with E-state index in [0.29, 0.717) is 11.6 Å². The second-order valence-corrected chi connectivity index (χ2v) is 4.76. The van der Waals surface area contributed by atoms with Gasteiger partial charge in [-0.05, 0) is 42.3 Å². The largest absolute Gasteiger partial charge is 0.387 e. The summed E-state index contributed by atoms with van der Waals surface area (Å²) in [5.41, 5.74) is 3.02. The van der Waals surface area contributed by atoms with Gasteiger partial charge in [0.15, 0.2) is 0 Å². The molecule has 2 aromatic carbocycles. The monoisotopic (exact) mass is 261 g/mol. The first-order valence-electron chi connectivity index (χ1n) is 5.89. The molecule has 2 aromatic rings. The van der Waals surface area contributed by atoms with Gasteiger partial charge < -0.3 is 10.4 Å². The van der Waals surface area contributed by atoms with Crippen LogP contribution in [0.15, 0.2) is 48.5 Å². The third kappa shape index (κ3) is 3.49. The van der Waals surface area contributed by atoms with Gasteiger partial charge >= 0.3 is 0 Å². The van der Waals surface area contributed by atoms with Gasteiger partial charge in [-0.15, -0.1) is 0 Å². The zero-order chi connectivity index (χ0) is 13.0. The Morgan fingerprint density at radius 3 is 2.67 bits per heavy atom. The number of halogens is 1. The van der Waals surface area contributed by atoms with E-state index in [2.05, 4.69) is 5.32 Å². The lowest BCUT2D eigenvalue weighted by molar-refractivity contribution is 0.191. The number of aryl methyl sites for hydroxylation is 1. The fourth-order valence-corrected chi connectivity index (χ4v) is 2.00. The van der Waals surface area contributed by atoms with Crippen molar-refractivity contribution in [3.05, 3.63) is 64.7 Å². The maximum atomic E-state index is 10.1. The molecule has 0 radical (unpaired) electrons. The Hall–Kier alpha value is -1.51. The number of anilines is 1. The van der Waals surface area contributed by atoms with E-state index in [9.17, 15) is 5.11 Å². The number of hydrogen-bond acceptors (Lipinski definition) is 2. The summed E-state index contributed by atoms with van der Waals surface area (Å²) in [4.78, 5) is 0. The van der Waals surface area contributed by atoms with E-state index in [4.69, 9.17) is 11.6 Å². The molecular weight excluding hydrogens is 246 g/mol. The molecule has 0 aliphatic carbocycles. The van der Waals surface area contributed by atoms with Crippen molar-refractivity contribution in [2.75, 3.05) is 11.9 Å². The van der Waals surface area contributed by atoms with Crippen LogP contribution in [0.5, 0.6) is 0 Å². The Bertz CT molecular complexity index is 527. The van der Waals surface area contributed by atoms with Crippen molar-refractivity contribution in [3.63, 3.8) is 0 Å². The van der Waals surface area contributed by atoms with E-state index < -0.39 is 6.10 Å². The zero-order valence-electron chi connectivity index (χ0n) is 10.2. The van der Waals surface area contributed by atoms with Crippen LogP contribution in [0.1, 0.15) is 17.2 Å². The number of aliphatic hydroxyl groups excluding tert-OH is 1. The highest BCUT2D eigenvalue weighted by Gasteiger charge is 2.07. The molecule has 0 saturated heterocycles. The molecule has 0 bridgehead atoms. The van der Waals surface area contributed by atoms with Crippen molar-refractivity contribution in [1.29, 1.82) is 0 Å². The summed E-state index contributed by atoms with van der Waals surface area (Å²) < 4.78 is 0. The number of rotatable bonds is 4. The highest BCUT2D eigenvalue weighted by atomic mass is 35.5. The third-order valence-electron chi connectivity index (χ3n) is 2.75. The van der Waals surface area contributed by atoms with Gasteiger partial charge in [0.05, 0.1) is 6.10 Å². The molecule has 1 unspecified atom stereocenters. The second-order valence-electron chi connectivity index (χ2n) is 4.32. The molecule has 0 amide bonds. The highest BCUT2D eigenvalue weighted by molar-refractivity contribution is 6.30. The average Bonchev–Trinajstić information content (AvgIpc) is 2.36. The lowest BCUT2D eigenvalue weighted by atomic mass is 10.1. The van der Waals surface area contributed by atoms with Crippen LogP contribution in [0.4, 0.5) is 5.69 Å². The first-order valence-corrected chi connectivity index (χ1v) is 6.27. The maximum absolute atomic E-state index is 10.1. The van der Waals surface area contributed by atoms with E-state index in [1.165, 1.54) is 5.56 Å². The molecule has 0 aliphatic rings. The van der Waals surface area contributed by atoms with Crippen molar-refractivity contribution >= 4 is 17.3 Å². The summed E-state index contributed by atoms with van der Waals surface area (Å²) in [6.45, 7) is 2.50. The summed E-state index contributed by atoms with van der Waals surface area (Å²) in [6.07, 6.45) is -0.566. The van der Waals surface area contributed by atoms with Gasteiger partial charge in [-0.25, -0.2) is 0 Å². The molecule has 3 heteroatoms. The molecule has 1 atom stereocenters. The molecule has 0 aromatic heterocycles. The Kier molecular flexibility index (Phi) is 4.24. The normalized spacial score (nSPS) is 12.2. The fourth-order valence-electron chi connectivity index (χ4n) is 1.80. The Morgan fingerprint density at radius 2 is 1.94 bits per heavy atom. The molecule has 2 N–H and O–H groups in total. The van der Waals surface area contributed by atoms with E-state index in [0.717, 1.165) is 11.3 Å². The Labute approximate surface area is 112 Å². The summed E-state index contributed by atoms with van der Waals surface area (Å²) in [5, 5.41) is 13.9. The van der Waals surface area contributed by atoms with Crippen LogP contribution in [-0.2, 0) is 0 Å². The topological polar surface area (TPSA) is 32.3 Å². The Morgan fingerprint density at radius 1 is 1.17 bits per heavy atom. The minimum Gasteiger partial charge on any atom is -0.387 e. The molecule has 94 valence electrons. The Balaban J connectivity index is 1.98. The van der Waals surface area contributed by atoms with Crippen molar-refractivity contribution in [2.24, 2.45) is 0 Å².